The lowest BCUT2D eigenvalue weighted by atomic mass is 9.97. The summed E-state index contributed by atoms with van der Waals surface area (Å²) in [5, 5.41) is 4.99. The van der Waals surface area contributed by atoms with Gasteiger partial charge in [0.15, 0.2) is 0 Å². The Balaban J connectivity index is 2.00. The van der Waals surface area contributed by atoms with E-state index < -0.39 is 0 Å². The van der Waals surface area contributed by atoms with Gasteiger partial charge in [-0.1, -0.05) is 13.3 Å². The smallest absolute Gasteiger partial charge is 0.0461 e. The summed E-state index contributed by atoms with van der Waals surface area (Å²) in [7, 11) is 0. The molecule has 0 aliphatic heterocycles. The predicted octanol–water partition coefficient (Wildman–Crippen LogP) is 4.29. The molecule has 2 N–H and O–H groups in total. The van der Waals surface area contributed by atoms with E-state index in [1.807, 2.05) is 0 Å². The lowest BCUT2D eigenvalue weighted by molar-refractivity contribution is 0.565. The quantitative estimate of drug-likeness (QED) is 0.806. The SMILES string of the molecule is CCNC(C)Cc1c(C)[nH]c2cc3c(cc12)CCCCC3. The van der Waals surface area contributed by atoms with Crippen molar-refractivity contribution in [3.63, 3.8) is 0 Å². The fraction of sp³-hybridized carbons (Fsp3) is 0.579. The number of aromatic nitrogens is 1. The van der Waals surface area contributed by atoms with E-state index in [0.29, 0.717) is 6.04 Å². The highest BCUT2D eigenvalue weighted by atomic mass is 14.9. The normalized spacial score (nSPS) is 16.7. The molecule has 2 aromatic rings. The van der Waals surface area contributed by atoms with Crippen LogP contribution in [0.2, 0.25) is 0 Å². The average Bonchev–Trinajstić information content (AvgIpc) is 2.64. The number of nitrogens with one attached hydrogen (secondary N) is 2. The van der Waals surface area contributed by atoms with Crippen LogP contribution in [0.3, 0.4) is 0 Å². The maximum Gasteiger partial charge on any atom is 0.0461 e. The summed E-state index contributed by atoms with van der Waals surface area (Å²) in [5.41, 5.74) is 7.36. The summed E-state index contributed by atoms with van der Waals surface area (Å²) in [6.45, 7) is 7.72. The first-order valence-electron chi connectivity index (χ1n) is 8.55. The van der Waals surface area contributed by atoms with Gasteiger partial charge in [-0.25, -0.2) is 0 Å². The van der Waals surface area contributed by atoms with Gasteiger partial charge in [0.1, 0.15) is 0 Å². The van der Waals surface area contributed by atoms with Gasteiger partial charge in [-0.05, 0) is 81.3 Å². The van der Waals surface area contributed by atoms with Gasteiger partial charge in [0.25, 0.3) is 0 Å². The van der Waals surface area contributed by atoms with Gasteiger partial charge in [-0.15, -0.1) is 0 Å². The number of hydrogen-bond donors (Lipinski definition) is 2. The Bertz CT molecular complexity index is 624. The fourth-order valence-electron chi connectivity index (χ4n) is 3.78. The zero-order valence-electron chi connectivity index (χ0n) is 13.7. The van der Waals surface area contributed by atoms with Crippen molar-refractivity contribution in [1.29, 1.82) is 0 Å². The molecule has 0 fully saturated rings. The second kappa shape index (κ2) is 6.23. The van der Waals surface area contributed by atoms with Crippen molar-refractivity contribution < 1.29 is 0 Å². The van der Waals surface area contributed by atoms with Crippen LogP contribution in [0.4, 0.5) is 0 Å². The molecule has 1 atom stereocenters. The van der Waals surface area contributed by atoms with Gasteiger partial charge in [0.05, 0.1) is 0 Å². The number of aromatic amines is 1. The standard InChI is InChI=1S/C19H28N2/c1-4-20-13(2)10-17-14(3)21-19-12-16-9-7-5-6-8-15(16)11-18(17)19/h11-13,20-21H,4-10H2,1-3H3. The Kier molecular flexibility index (Phi) is 4.34. The van der Waals surface area contributed by atoms with Crippen LogP contribution in [0.15, 0.2) is 12.1 Å². The molecule has 0 saturated carbocycles. The van der Waals surface area contributed by atoms with Crippen LogP contribution in [-0.4, -0.2) is 17.6 Å². The molecular formula is C19H28N2. The molecule has 21 heavy (non-hydrogen) atoms. The highest BCUT2D eigenvalue weighted by Gasteiger charge is 2.15. The van der Waals surface area contributed by atoms with E-state index in [2.05, 4.69) is 43.2 Å². The minimum absolute atomic E-state index is 0.534. The molecule has 0 spiro atoms. The van der Waals surface area contributed by atoms with Gasteiger partial charge in [-0.3, -0.25) is 0 Å². The van der Waals surface area contributed by atoms with Gasteiger partial charge < -0.3 is 10.3 Å². The van der Waals surface area contributed by atoms with E-state index in [4.69, 9.17) is 0 Å². The summed E-state index contributed by atoms with van der Waals surface area (Å²) in [6.07, 6.45) is 7.71. The van der Waals surface area contributed by atoms with Crippen molar-refractivity contribution in [3.8, 4) is 0 Å². The molecular weight excluding hydrogens is 256 g/mol. The number of H-pyrrole nitrogens is 1. The van der Waals surface area contributed by atoms with Crippen LogP contribution < -0.4 is 5.32 Å². The third-order valence-corrected chi connectivity index (χ3v) is 4.89. The minimum atomic E-state index is 0.534. The van der Waals surface area contributed by atoms with E-state index >= 15 is 0 Å². The van der Waals surface area contributed by atoms with E-state index in [1.165, 1.54) is 54.3 Å². The molecule has 0 bridgehead atoms. The third kappa shape index (κ3) is 3.01. The second-order valence-corrected chi connectivity index (χ2v) is 6.62. The molecule has 0 amide bonds. The number of rotatable bonds is 4. The van der Waals surface area contributed by atoms with E-state index in [0.717, 1.165) is 13.0 Å². The fourth-order valence-corrected chi connectivity index (χ4v) is 3.78. The molecule has 1 aliphatic carbocycles. The predicted molar refractivity (Wildman–Crippen MR) is 91.1 cm³/mol. The van der Waals surface area contributed by atoms with E-state index in [1.54, 1.807) is 11.1 Å². The van der Waals surface area contributed by atoms with Crippen molar-refractivity contribution in [3.05, 3.63) is 34.5 Å². The molecule has 1 aromatic carbocycles. The molecule has 2 nitrogen and oxygen atoms in total. The highest BCUT2D eigenvalue weighted by molar-refractivity contribution is 5.86. The minimum Gasteiger partial charge on any atom is -0.358 e. The first kappa shape index (κ1) is 14.6. The third-order valence-electron chi connectivity index (χ3n) is 4.89. The zero-order valence-corrected chi connectivity index (χ0v) is 13.7. The van der Waals surface area contributed by atoms with Gasteiger partial charge >= 0.3 is 0 Å². The largest absolute Gasteiger partial charge is 0.358 e. The Morgan fingerprint density at radius 2 is 1.86 bits per heavy atom. The summed E-state index contributed by atoms with van der Waals surface area (Å²) < 4.78 is 0. The van der Waals surface area contributed by atoms with Crippen LogP contribution in [0, 0.1) is 6.92 Å². The number of hydrogen-bond acceptors (Lipinski definition) is 1. The maximum absolute atomic E-state index is 3.62. The van der Waals surface area contributed by atoms with Crippen molar-refractivity contribution in [1.82, 2.24) is 10.3 Å². The molecule has 1 heterocycles. The first-order valence-corrected chi connectivity index (χ1v) is 8.55. The molecule has 1 unspecified atom stereocenters. The zero-order chi connectivity index (χ0) is 14.8. The van der Waals surface area contributed by atoms with Crippen molar-refractivity contribution >= 4 is 10.9 Å². The van der Waals surface area contributed by atoms with Crippen LogP contribution in [0.25, 0.3) is 10.9 Å². The highest BCUT2D eigenvalue weighted by Crippen LogP contribution is 2.30. The Hall–Kier alpha value is -1.28. The van der Waals surface area contributed by atoms with Crippen LogP contribution in [0.5, 0.6) is 0 Å². The van der Waals surface area contributed by atoms with Crippen LogP contribution in [0.1, 0.15) is 55.5 Å². The average molecular weight is 284 g/mol. The van der Waals surface area contributed by atoms with E-state index in [9.17, 15) is 0 Å². The van der Waals surface area contributed by atoms with Crippen molar-refractivity contribution in [2.24, 2.45) is 0 Å². The molecule has 1 aromatic heterocycles. The number of fused-ring (bicyclic) bond motifs is 2. The lowest BCUT2D eigenvalue weighted by Crippen LogP contribution is -2.27. The van der Waals surface area contributed by atoms with Gasteiger partial charge in [0.2, 0.25) is 0 Å². The summed E-state index contributed by atoms with van der Waals surface area (Å²) in [6, 6.07) is 5.43. The van der Waals surface area contributed by atoms with Gasteiger partial charge in [-0.2, -0.15) is 0 Å². The molecule has 1 aliphatic rings. The summed E-state index contributed by atoms with van der Waals surface area (Å²) in [5.74, 6) is 0. The monoisotopic (exact) mass is 284 g/mol. The second-order valence-electron chi connectivity index (χ2n) is 6.62. The Morgan fingerprint density at radius 3 is 2.57 bits per heavy atom. The van der Waals surface area contributed by atoms with Crippen LogP contribution in [-0.2, 0) is 19.3 Å². The lowest BCUT2D eigenvalue weighted by Gasteiger charge is -2.13. The topological polar surface area (TPSA) is 27.8 Å². The molecule has 0 radical (unpaired) electrons. The van der Waals surface area contributed by atoms with E-state index in [-0.39, 0.29) is 0 Å². The first-order chi connectivity index (χ1) is 10.2. The maximum atomic E-state index is 3.62. The molecule has 114 valence electrons. The number of likely N-dealkylation sites (N-methyl/N-ethyl adjacent to an activating group) is 1. The molecule has 2 heteroatoms. The summed E-state index contributed by atoms with van der Waals surface area (Å²) in [4.78, 5) is 3.62. The molecule has 0 saturated heterocycles. The van der Waals surface area contributed by atoms with Crippen LogP contribution >= 0.6 is 0 Å². The molecule has 3 rings (SSSR count). The van der Waals surface area contributed by atoms with Gasteiger partial charge in [0, 0.05) is 22.6 Å². The number of aryl methyl sites for hydroxylation is 3. The Labute approximate surface area is 128 Å². The van der Waals surface area contributed by atoms with Crippen molar-refractivity contribution in [2.75, 3.05) is 6.54 Å². The summed E-state index contributed by atoms with van der Waals surface area (Å²) >= 11 is 0. The Morgan fingerprint density at radius 1 is 1.14 bits per heavy atom. The van der Waals surface area contributed by atoms with Crippen molar-refractivity contribution in [2.45, 2.75) is 65.3 Å². The number of benzene rings is 1.